The van der Waals surface area contributed by atoms with Gasteiger partial charge < -0.3 is 24.8 Å². The Kier molecular flexibility index (Phi) is 8.97. The second-order valence-corrected chi connectivity index (χ2v) is 5.95. The molecular formula is C23H24N2O5. The summed E-state index contributed by atoms with van der Waals surface area (Å²) in [5, 5.41) is 5.46. The molecule has 0 heterocycles. The molecule has 7 heteroatoms. The predicted octanol–water partition coefficient (Wildman–Crippen LogP) is 3.08. The van der Waals surface area contributed by atoms with Gasteiger partial charge in [0, 0.05) is 32.2 Å². The van der Waals surface area contributed by atoms with Crippen molar-refractivity contribution in [1.29, 1.82) is 0 Å². The SMILES string of the molecule is CC#COc1c(/C=C/C(=O)Nc2ccccc2C(=O)NCCOC)cccc1OC. The molecule has 0 radical (unpaired) electrons. The minimum absolute atomic E-state index is 0.298. The van der Waals surface area contributed by atoms with E-state index in [1.165, 1.54) is 13.2 Å². The quantitative estimate of drug-likeness (QED) is 0.378. The van der Waals surface area contributed by atoms with E-state index in [-0.39, 0.29) is 5.91 Å². The monoisotopic (exact) mass is 408 g/mol. The molecule has 0 atom stereocenters. The summed E-state index contributed by atoms with van der Waals surface area (Å²) in [5.74, 6) is 2.86. The molecule has 0 aromatic heterocycles. The van der Waals surface area contributed by atoms with Crippen LogP contribution in [-0.2, 0) is 9.53 Å². The number of hydrogen-bond acceptors (Lipinski definition) is 5. The number of ether oxygens (including phenoxy) is 3. The molecule has 0 unspecified atom stereocenters. The molecule has 156 valence electrons. The van der Waals surface area contributed by atoms with Crippen molar-refractivity contribution in [2.24, 2.45) is 0 Å². The summed E-state index contributed by atoms with van der Waals surface area (Å²) in [4.78, 5) is 24.8. The molecule has 2 aromatic carbocycles. The highest BCUT2D eigenvalue weighted by Gasteiger charge is 2.12. The van der Waals surface area contributed by atoms with Crippen molar-refractivity contribution >= 4 is 23.6 Å². The Morgan fingerprint density at radius 2 is 1.90 bits per heavy atom. The van der Waals surface area contributed by atoms with E-state index in [1.54, 1.807) is 62.6 Å². The highest BCUT2D eigenvalue weighted by atomic mass is 16.5. The maximum atomic E-state index is 12.5. The van der Waals surface area contributed by atoms with E-state index >= 15 is 0 Å². The van der Waals surface area contributed by atoms with Crippen LogP contribution < -0.4 is 20.1 Å². The lowest BCUT2D eigenvalue weighted by Gasteiger charge is -2.10. The molecule has 0 aliphatic carbocycles. The van der Waals surface area contributed by atoms with Gasteiger partial charge in [-0.2, -0.15) is 0 Å². The van der Waals surface area contributed by atoms with Crippen LogP contribution in [0, 0.1) is 12.0 Å². The van der Waals surface area contributed by atoms with Crippen molar-refractivity contribution in [3.63, 3.8) is 0 Å². The standard InChI is InChI=1S/C23H24N2O5/c1-4-15-30-22-17(8-7-11-20(22)29-3)12-13-21(26)25-19-10-6-5-9-18(19)23(27)24-14-16-28-2/h5-13H,14,16H2,1-3H3,(H,24,27)(H,25,26)/b13-12+. The fraction of sp³-hybridized carbons (Fsp3) is 0.217. The number of hydrogen-bond donors (Lipinski definition) is 2. The van der Waals surface area contributed by atoms with Crippen LogP contribution in [0.25, 0.3) is 6.08 Å². The van der Waals surface area contributed by atoms with Gasteiger partial charge in [0.2, 0.25) is 5.91 Å². The Balaban J connectivity index is 2.16. The van der Waals surface area contributed by atoms with E-state index in [0.29, 0.717) is 41.5 Å². The summed E-state index contributed by atoms with van der Waals surface area (Å²) in [6, 6.07) is 12.1. The fourth-order valence-electron chi connectivity index (χ4n) is 2.53. The summed E-state index contributed by atoms with van der Waals surface area (Å²) < 4.78 is 15.6. The van der Waals surface area contributed by atoms with Crippen molar-refractivity contribution in [1.82, 2.24) is 5.32 Å². The van der Waals surface area contributed by atoms with Crippen molar-refractivity contribution in [2.45, 2.75) is 6.92 Å². The number of carbonyl (C=O) groups is 2. The van der Waals surface area contributed by atoms with Crippen LogP contribution in [0.1, 0.15) is 22.8 Å². The molecule has 2 amide bonds. The molecule has 2 N–H and O–H groups in total. The third-order valence-electron chi connectivity index (χ3n) is 3.92. The third kappa shape index (κ3) is 6.40. The minimum Gasteiger partial charge on any atom is -0.493 e. The van der Waals surface area contributed by atoms with Gasteiger partial charge in [-0.15, -0.1) is 0 Å². The normalized spacial score (nSPS) is 10.1. The number of para-hydroxylation sites is 2. The summed E-state index contributed by atoms with van der Waals surface area (Å²) in [6.07, 6.45) is 5.47. The highest BCUT2D eigenvalue weighted by molar-refractivity contribution is 6.07. The molecule has 0 aliphatic heterocycles. The predicted molar refractivity (Wildman–Crippen MR) is 115 cm³/mol. The minimum atomic E-state index is -0.400. The van der Waals surface area contributed by atoms with Crippen LogP contribution >= 0.6 is 0 Å². The summed E-state index contributed by atoms with van der Waals surface area (Å²) in [7, 11) is 3.08. The topological polar surface area (TPSA) is 85.9 Å². The Morgan fingerprint density at radius 1 is 1.10 bits per heavy atom. The lowest BCUT2D eigenvalue weighted by atomic mass is 10.1. The Bertz CT molecular complexity index is 973. The number of anilines is 1. The first-order chi connectivity index (χ1) is 14.6. The molecule has 2 aromatic rings. The zero-order chi connectivity index (χ0) is 21.8. The van der Waals surface area contributed by atoms with Crippen LogP contribution in [-0.4, -0.2) is 39.2 Å². The number of methoxy groups -OCH3 is 2. The van der Waals surface area contributed by atoms with Crippen molar-refractivity contribution in [3.8, 4) is 23.5 Å². The number of rotatable bonds is 9. The van der Waals surface area contributed by atoms with Gasteiger partial charge in [-0.25, -0.2) is 0 Å². The zero-order valence-corrected chi connectivity index (χ0v) is 17.2. The molecule has 0 fully saturated rings. The smallest absolute Gasteiger partial charge is 0.253 e. The summed E-state index contributed by atoms with van der Waals surface area (Å²) >= 11 is 0. The van der Waals surface area contributed by atoms with Gasteiger partial charge >= 0.3 is 0 Å². The first-order valence-electron chi connectivity index (χ1n) is 9.21. The van der Waals surface area contributed by atoms with Gasteiger partial charge in [0.25, 0.3) is 5.91 Å². The third-order valence-corrected chi connectivity index (χ3v) is 3.92. The van der Waals surface area contributed by atoms with Crippen LogP contribution in [0.3, 0.4) is 0 Å². The second kappa shape index (κ2) is 11.9. The van der Waals surface area contributed by atoms with Crippen molar-refractivity contribution in [2.75, 3.05) is 32.7 Å². The number of nitrogens with one attached hydrogen (secondary N) is 2. The first kappa shape index (κ1) is 22.5. The maximum Gasteiger partial charge on any atom is 0.253 e. The van der Waals surface area contributed by atoms with E-state index < -0.39 is 5.91 Å². The second-order valence-electron chi connectivity index (χ2n) is 5.95. The van der Waals surface area contributed by atoms with Gasteiger partial charge in [0.15, 0.2) is 11.5 Å². The van der Waals surface area contributed by atoms with E-state index in [4.69, 9.17) is 14.2 Å². The molecule has 2 rings (SSSR count). The molecule has 0 saturated heterocycles. The highest BCUT2D eigenvalue weighted by Crippen LogP contribution is 2.31. The molecule has 7 nitrogen and oxygen atoms in total. The van der Waals surface area contributed by atoms with E-state index in [0.717, 1.165) is 0 Å². The van der Waals surface area contributed by atoms with Gasteiger partial charge in [-0.05, 0) is 24.3 Å². The lowest BCUT2D eigenvalue weighted by Crippen LogP contribution is -2.28. The molecule has 30 heavy (non-hydrogen) atoms. The van der Waals surface area contributed by atoms with E-state index in [2.05, 4.69) is 22.7 Å². The van der Waals surface area contributed by atoms with Gasteiger partial charge in [0.1, 0.15) is 6.11 Å². The Hall–Kier alpha value is -3.76. The molecular weight excluding hydrogens is 384 g/mol. The largest absolute Gasteiger partial charge is 0.493 e. The molecule has 0 saturated carbocycles. The van der Waals surface area contributed by atoms with Gasteiger partial charge in [0.05, 0.1) is 25.0 Å². The zero-order valence-electron chi connectivity index (χ0n) is 17.2. The average molecular weight is 408 g/mol. The van der Waals surface area contributed by atoms with Gasteiger partial charge in [-0.1, -0.05) is 30.2 Å². The van der Waals surface area contributed by atoms with Crippen LogP contribution in [0.4, 0.5) is 5.69 Å². The fourth-order valence-corrected chi connectivity index (χ4v) is 2.53. The van der Waals surface area contributed by atoms with Crippen LogP contribution in [0.2, 0.25) is 0 Å². The first-order valence-corrected chi connectivity index (χ1v) is 9.21. The maximum absolute atomic E-state index is 12.5. The van der Waals surface area contributed by atoms with E-state index in [1.807, 2.05) is 0 Å². The summed E-state index contributed by atoms with van der Waals surface area (Å²) in [5.41, 5.74) is 1.39. The molecule has 0 bridgehead atoms. The number of carbonyl (C=O) groups excluding carboxylic acids is 2. The number of amides is 2. The van der Waals surface area contributed by atoms with E-state index in [9.17, 15) is 9.59 Å². The van der Waals surface area contributed by atoms with Crippen LogP contribution in [0.5, 0.6) is 11.5 Å². The Labute approximate surface area is 176 Å². The average Bonchev–Trinajstić information content (AvgIpc) is 2.76. The van der Waals surface area contributed by atoms with Gasteiger partial charge in [-0.3, -0.25) is 9.59 Å². The lowest BCUT2D eigenvalue weighted by molar-refractivity contribution is -0.111. The molecule has 0 aliphatic rings. The molecule has 0 spiro atoms. The number of benzene rings is 2. The Morgan fingerprint density at radius 3 is 2.63 bits per heavy atom. The van der Waals surface area contributed by atoms with Crippen molar-refractivity contribution < 1.29 is 23.8 Å². The summed E-state index contributed by atoms with van der Waals surface area (Å²) in [6.45, 7) is 2.42. The van der Waals surface area contributed by atoms with Crippen molar-refractivity contribution in [3.05, 3.63) is 59.7 Å². The van der Waals surface area contributed by atoms with Crippen LogP contribution in [0.15, 0.2) is 48.5 Å².